The molecule has 88 heavy (non-hydrogen) atoms. The molecule has 17 heteroatoms. The molecule has 0 radical (unpaired) electrons. The van der Waals surface area contributed by atoms with Crippen molar-refractivity contribution in [3.63, 3.8) is 0 Å². The average molecular weight is 1180 g/mol. The number of hydrogen-bond acceptors (Lipinski definition) is 13. The molecule has 4 atom stereocenters. The van der Waals surface area contributed by atoms with Crippen LogP contribution in [0.4, 0.5) is 4.79 Å². The van der Waals surface area contributed by atoms with Gasteiger partial charge in [-0.05, 0) is 70.0 Å². The highest BCUT2D eigenvalue weighted by Crippen LogP contribution is 2.52. The fraction of sp³-hybridized carbons (Fsp3) is 0.239. The molecular weight excluding hydrogens is 1110 g/mol. The molecule has 0 unspecified atom stereocenters. The van der Waals surface area contributed by atoms with E-state index in [1.54, 1.807) is 26.1 Å². The molecule has 17 nitrogen and oxygen atoms in total. The number of ether oxygens (including phenoxy) is 5. The number of amides is 3. The van der Waals surface area contributed by atoms with Gasteiger partial charge in [-0.3, -0.25) is 14.4 Å². The third kappa shape index (κ3) is 13.5. The summed E-state index contributed by atoms with van der Waals surface area (Å²) < 4.78 is 46.2. The van der Waals surface area contributed by atoms with Gasteiger partial charge in [0, 0.05) is 47.1 Å². The minimum Gasteiger partial charge on any atom is -0.489 e. The third-order valence-electron chi connectivity index (χ3n) is 15.5. The predicted molar refractivity (Wildman–Crippen MR) is 331 cm³/mol. The molecule has 0 fully saturated rings. The standard InChI is InChI=1S/C71H68N6O11/c1-44(2)62(77-70(81)85-42-50-26-16-9-17-27-50)67(80)74-58-35-51-30-33-60(84-41-49-24-14-8-15-25-49)56(34-51)71(43-86-46(5)78,55-28-18-19-29-59(55)83-40-48-22-12-7-13-23-48)65-64(76-69(88-65)63(45(3)4)75-66(58)79)68-73-38-61(87-68)54-37-72-57-32-31-52(36-53(54)57)82-39-47-20-10-6-11-21-47/h6-34,36-38,44-45,58,62-63,72H,35,39-43H2,1-5H3,(H,74,80)(H,75,79)(H,77,81)/t58-,62-,63-,71-/m0/s1. The topological polar surface area (TPSA) is 218 Å². The van der Waals surface area contributed by atoms with Gasteiger partial charge in [-0.1, -0.05) is 179 Å². The largest absolute Gasteiger partial charge is 0.489 e. The van der Waals surface area contributed by atoms with E-state index in [2.05, 4.69) is 20.9 Å². The Labute approximate surface area is 509 Å². The zero-order valence-corrected chi connectivity index (χ0v) is 49.5. The van der Waals surface area contributed by atoms with E-state index in [0.717, 1.165) is 33.2 Å². The fourth-order valence-corrected chi connectivity index (χ4v) is 10.8. The number of carbonyl (C=O) groups excluding carboxylic acids is 4. The minimum absolute atomic E-state index is 0.0192. The van der Waals surface area contributed by atoms with Crippen LogP contribution in [-0.4, -0.2) is 57.5 Å². The number of oxazole rings is 2. The van der Waals surface area contributed by atoms with Crippen molar-refractivity contribution < 1.29 is 51.7 Å². The summed E-state index contributed by atoms with van der Waals surface area (Å²) in [7, 11) is 0. The Balaban J connectivity index is 1.09. The Morgan fingerprint density at radius 2 is 1.27 bits per heavy atom. The number of H-pyrrole nitrogens is 1. The number of rotatable bonds is 21. The summed E-state index contributed by atoms with van der Waals surface area (Å²) >= 11 is 0. The zero-order chi connectivity index (χ0) is 61.2. The second-order valence-electron chi connectivity index (χ2n) is 22.4. The van der Waals surface area contributed by atoms with E-state index < -0.39 is 65.9 Å². The molecule has 0 spiro atoms. The van der Waals surface area contributed by atoms with Gasteiger partial charge in [-0.25, -0.2) is 14.8 Å². The number of nitrogens with one attached hydrogen (secondary N) is 4. The summed E-state index contributed by atoms with van der Waals surface area (Å²) in [6.45, 7) is 8.91. The molecule has 0 aliphatic carbocycles. The Hall–Kier alpha value is -10.4. The molecule has 4 N–H and O–H groups in total. The summed E-state index contributed by atoms with van der Waals surface area (Å²) in [5.41, 5.74) is 4.88. The highest BCUT2D eigenvalue weighted by molar-refractivity contribution is 5.95. The molecule has 448 valence electrons. The van der Waals surface area contributed by atoms with E-state index in [-0.39, 0.29) is 49.5 Å². The van der Waals surface area contributed by atoms with Gasteiger partial charge >= 0.3 is 12.1 Å². The number of fused-ring (bicyclic) bond motifs is 5. The van der Waals surface area contributed by atoms with Crippen LogP contribution in [0.25, 0.3) is 33.8 Å². The minimum atomic E-state index is -1.75. The molecule has 0 saturated heterocycles. The van der Waals surface area contributed by atoms with E-state index in [1.807, 2.05) is 196 Å². The number of aromatic nitrogens is 3. The molecular formula is C71H68N6O11. The number of alkyl carbamates (subject to hydrolysis) is 1. The molecule has 3 aromatic heterocycles. The van der Waals surface area contributed by atoms with Crippen molar-refractivity contribution in [2.75, 3.05) is 6.61 Å². The maximum Gasteiger partial charge on any atom is 0.408 e. The first-order valence-electron chi connectivity index (χ1n) is 29.3. The van der Waals surface area contributed by atoms with Crippen LogP contribution in [0.3, 0.4) is 0 Å². The van der Waals surface area contributed by atoms with Crippen molar-refractivity contribution in [2.24, 2.45) is 11.8 Å². The van der Waals surface area contributed by atoms with Crippen LogP contribution >= 0.6 is 0 Å². The Bertz CT molecular complexity index is 4030. The Kier molecular flexibility index (Phi) is 18.1. The molecule has 3 amide bonds. The number of benzene rings is 7. The van der Waals surface area contributed by atoms with E-state index in [0.29, 0.717) is 51.9 Å². The lowest BCUT2D eigenvalue weighted by molar-refractivity contribution is -0.142. The first-order chi connectivity index (χ1) is 42.8. The summed E-state index contributed by atoms with van der Waals surface area (Å²) in [4.78, 5) is 70.6. The Morgan fingerprint density at radius 3 is 1.90 bits per heavy atom. The van der Waals surface area contributed by atoms with E-state index >= 15 is 4.79 Å². The number of esters is 1. The highest BCUT2D eigenvalue weighted by Gasteiger charge is 2.50. The van der Waals surface area contributed by atoms with E-state index in [9.17, 15) is 14.4 Å². The van der Waals surface area contributed by atoms with Crippen LogP contribution in [0, 0.1) is 11.8 Å². The first kappa shape index (κ1) is 59.3. The summed E-state index contributed by atoms with van der Waals surface area (Å²) in [6, 6.07) is 53.9. The number of nitrogens with zero attached hydrogens (tertiary/aromatic N) is 2. The Morgan fingerprint density at radius 1 is 0.670 bits per heavy atom. The number of aromatic amines is 1. The van der Waals surface area contributed by atoms with Gasteiger partial charge in [0.2, 0.25) is 23.6 Å². The molecule has 1 aliphatic heterocycles. The normalized spacial score (nSPS) is 16.0. The number of carbonyl (C=O) groups is 4. The second kappa shape index (κ2) is 26.9. The molecule has 4 heterocycles. The molecule has 11 rings (SSSR count). The van der Waals surface area contributed by atoms with Crippen LogP contribution in [0.2, 0.25) is 0 Å². The molecule has 0 saturated carbocycles. The van der Waals surface area contributed by atoms with Crippen molar-refractivity contribution in [2.45, 2.75) is 91.0 Å². The third-order valence-corrected chi connectivity index (χ3v) is 15.5. The zero-order valence-electron chi connectivity index (χ0n) is 49.5. The average Bonchev–Trinajstić information content (AvgIpc) is 1.49. The van der Waals surface area contributed by atoms with Gasteiger partial charge in [-0.15, -0.1) is 0 Å². The smallest absolute Gasteiger partial charge is 0.408 e. The summed E-state index contributed by atoms with van der Waals surface area (Å²) in [5, 5.41) is 9.73. The molecule has 4 bridgehead atoms. The molecule has 7 aromatic carbocycles. The highest BCUT2D eigenvalue weighted by atomic mass is 16.5. The van der Waals surface area contributed by atoms with Gasteiger partial charge in [0.05, 0.1) is 6.20 Å². The van der Waals surface area contributed by atoms with E-state index in [1.165, 1.54) is 6.92 Å². The number of para-hydroxylation sites is 1. The van der Waals surface area contributed by atoms with Gasteiger partial charge in [0.15, 0.2) is 17.2 Å². The van der Waals surface area contributed by atoms with Crippen molar-refractivity contribution in [3.8, 4) is 40.2 Å². The predicted octanol–water partition coefficient (Wildman–Crippen LogP) is 12.9. The summed E-state index contributed by atoms with van der Waals surface area (Å²) in [5.74, 6) is -0.642. The van der Waals surface area contributed by atoms with Gasteiger partial charge in [0.1, 0.15) is 73.8 Å². The molecule has 10 aromatic rings. The van der Waals surface area contributed by atoms with Crippen LogP contribution in [0.15, 0.2) is 203 Å². The summed E-state index contributed by atoms with van der Waals surface area (Å²) in [6.07, 6.45) is 2.57. The maximum absolute atomic E-state index is 15.2. The van der Waals surface area contributed by atoms with Crippen LogP contribution in [0.1, 0.15) is 91.3 Å². The fourth-order valence-electron chi connectivity index (χ4n) is 10.8. The van der Waals surface area contributed by atoms with E-state index in [4.69, 9.17) is 42.5 Å². The quantitative estimate of drug-likeness (QED) is 0.0493. The van der Waals surface area contributed by atoms with Crippen molar-refractivity contribution in [1.82, 2.24) is 30.9 Å². The van der Waals surface area contributed by atoms with Gasteiger partial charge in [0.25, 0.3) is 0 Å². The first-order valence-corrected chi connectivity index (χ1v) is 29.3. The van der Waals surface area contributed by atoms with Crippen molar-refractivity contribution >= 4 is 34.8 Å². The van der Waals surface area contributed by atoms with Crippen LogP contribution in [-0.2, 0) is 62.1 Å². The molecule has 1 aliphatic rings. The monoisotopic (exact) mass is 1180 g/mol. The van der Waals surface area contributed by atoms with Crippen molar-refractivity contribution in [3.05, 3.63) is 245 Å². The maximum atomic E-state index is 15.2. The van der Waals surface area contributed by atoms with Crippen LogP contribution < -0.4 is 30.2 Å². The second-order valence-corrected chi connectivity index (χ2v) is 22.4. The van der Waals surface area contributed by atoms with Gasteiger partial charge < -0.3 is 53.5 Å². The lowest BCUT2D eigenvalue weighted by atomic mass is 9.71. The SMILES string of the molecule is CC(=O)OC[C@]1(c2ccccc2OCc2ccccc2)c2cc(ccc2OCc2ccccc2)C[C@H](NC(=O)[C@@H](NC(=O)OCc2ccccc2)C(C)C)C(=O)N[C@@H](C(C)C)c2nc(-c3ncc(-c4c[nH]c5ccc(OCc6ccccc6)cc45)o3)c1o2. The number of hydrogen-bond donors (Lipinski definition) is 4. The van der Waals surface area contributed by atoms with Crippen LogP contribution in [0.5, 0.6) is 17.2 Å². The lowest BCUT2D eigenvalue weighted by Crippen LogP contribution is -2.56. The van der Waals surface area contributed by atoms with Crippen molar-refractivity contribution in [1.29, 1.82) is 0 Å². The lowest BCUT2D eigenvalue weighted by Gasteiger charge is -2.36. The van der Waals surface area contributed by atoms with Gasteiger partial charge in [-0.2, -0.15) is 0 Å².